The molecule has 3 aromatic heterocycles. The maximum absolute atomic E-state index is 12.4. The molecule has 0 N–H and O–H groups in total. The molecule has 1 aliphatic heterocycles. The Hall–Kier alpha value is -2.49. The van der Waals surface area contributed by atoms with Crippen LogP contribution < -0.4 is 4.90 Å². The first-order valence-corrected chi connectivity index (χ1v) is 8.23. The monoisotopic (exact) mass is 391 g/mol. The van der Waals surface area contributed by atoms with Gasteiger partial charge in [0.25, 0.3) is 5.91 Å². The minimum Gasteiger partial charge on any atom is -0.444 e. The molecule has 0 aromatic carbocycles. The van der Waals surface area contributed by atoms with E-state index in [1.165, 1.54) is 6.33 Å². The number of nitrogens with zero attached hydrogens (tertiary/aromatic N) is 7. The highest BCUT2D eigenvalue weighted by Crippen LogP contribution is 2.22. The number of hydrogen-bond acceptors (Lipinski definition) is 7. The van der Waals surface area contributed by atoms with Gasteiger partial charge < -0.3 is 14.2 Å². The average Bonchev–Trinajstić information content (AvgIpc) is 3.21. The topological polar surface area (TPSA) is 93.2 Å². The highest BCUT2D eigenvalue weighted by Gasteiger charge is 2.26. The van der Waals surface area contributed by atoms with Crippen LogP contribution in [0.1, 0.15) is 10.6 Å². The molecule has 0 atom stereocenters. The van der Waals surface area contributed by atoms with Gasteiger partial charge in [-0.1, -0.05) is 5.21 Å². The van der Waals surface area contributed by atoms with Crippen molar-refractivity contribution in [3.8, 4) is 0 Å². The molecule has 9 nitrogen and oxygen atoms in total. The number of amides is 1. The number of fused-ring (bicyclic) bond motifs is 1. The standard InChI is InChI=1S/C14H14BrN7O2/c1-20-12-11(18-19-20)13(17-8-16-12)21-4-6-22(7-5-21)14(23)9-2-3-10(15)24-9/h2-3,8H,4-7H2,1H3. The molecule has 1 aliphatic rings. The average molecular weight is 392 g/mol. The van der Waals surface area contributed by atoms with Gasteiger partial charge in [-0.05, 0) is 28.1 Å². The van der Waals surface area contributed by atoms with Crippen molar-refractivity contribution in [2.75, 3.05) is 31.1 Å². The zero-order valence-corrected chi connectivity index (χ0v) is 14.5. The molecule has 1 saturated heterocycles. The number of furan rings is 1. The Bertz CT molecular complexity index is 898. The quantitative estimate of drug-likeness (QED) is 0.644. The van der Waals surface area contributed by atoms with E-state index in [0.717, 1.165) is 5.82 Å². The number of rotatable bonds is 2. The van der Waals surface area contributed by atoms with Crippen LogP contribution in [0.25, 0.3) is 11.2 Å². The van der Waals surface area contributed by atoms with Crippen LogP contribution in [0.15, 0.2) is 27.5 Å². The fraction of sp³-hybridized carbons (Fsp3) is 0.357. The largest absolute Gasteiger partial charge is 0.444 e. The fourth-order valence-electron chi connectivity index (χ4n) is 2.78. The van der Waals surface area contributed by atoms with Crippen LogP contribution in [-0.2, 0) is 7.05 Å². The number of aryl methyl sites for hydroxylation is 1. The molecule has 0 saturated carbocycles. The Balaban J connectivity index is 1.50. The van der Waals surface area contributed by atoms with Gasteiger partial charge in [0.05, 0.1) is 0 Å². The van der Waals surface area contributed by atoms with E-state index in [9.17, 15) is 4.79 Å². The number of halogens is 1. The van der Waals surface area contributed by atoms with Crippen LogP contribution in [0, 0.1) is 0 Å². The lowest BCUT2D eigenvalue weighted by molar-refractivity contribution is 0.0713. The summed E-state index contributed by atoms with van der Waals surface area (Å²) >= 11 is 3.21. The minimum absolute atomic E-state index is 0.104. The molecule has 4 heterocycles. The van der Waals surface area contributed by atoms with Crippen LogP contribution in [-0.4, -0.2) is 61.9 Å². The Morgan fingerprint density at radius 2 is 2.00 bits per heavy atom. The van der Waals surface area contributed by atoms with Crippen molar-refractivity contribution in [1.29, 1.82) is 0 Å². The first-order chi connectivity index (χ1) is 11.6. The number of anilines is 1. The van der Waals surface area contributed by atoms with Crippen LogP contribution in [0.3, 0.4) is 0 Å². The molecule has 0 spiro atoms. The maximum atomic E-state index is 12.4. The van der Waals surface area contributed by atoms with E-state index >= 15 is 0 Å². The highest BCUT2D eigenvalue weighted by molar-refractivity contribution is 9.10. The van der Waals surface area contributed by atoms with Gasteiger partial charge in [-0.15, -0.1) is 5.10 Å². The molecular weight excluding hydrogens is 378 g/mol. The molecule has 24 heavy (non-hydrogen) atoms. The summed E-state index contributed by atoms with van der Waals surface area (Å²) in [5.41, 5.74) is 1.37. The SMILES string of the molecule is Cn1nnc2c(N3CCN(C(=O)c4ccc(Br)o4)CC3)ncnc21. The molecular formula is C14H14BrN7O2. The Morgan fingerprint density at radius 1 is 1.21 bits per heavy atom. The van der Waals surface area contributed by atoms with Gasteiger partial charge in [0, 0.05) is 33.2 Å². The van der Waals surface area contributed by atoms with Crippen molar-refractivity contribution in [3.63, 3.8) is 0 Å². The number of hydrogen-bond donors (Lipinski definition) is 0. The van der Waals surface area contributed by atoms with Crippen LogP contribution in [0.4, 0.5) is 5.82 Å². The summed E-state index contributed by atoms with van der Waals surface area (Å²) in [4.78, 5) is 24.8. The number of carbonyl (C=O) groups is 1. The lowest BCUT2D eigenvalue weighted by atomic mass is 10.2. The summed E-state index contributed by atoms with van der Waals surface area (Å²) in [5.74, 6) is 0.988. The molecule has 0 aliphatic carbocycles. The Kier molecular flexibility index (Phi) is 3.68. The van der Waals surface area contributed by atoms with Crippen molar-refractivity contribution in [2.45, 2.75) is 0 Å². The van der Waals surface area contributed by atoms with Crippen molar-refractivity contribution >= 4 is 38.8 Å². The van der Waals surface area contributed by atoms with E-state index in [1.54, 1.807) is 28.8 Å². The van der Waals surface area contributed by atoms with E-state index < -0.39 is 0 Å². The zero-order valence-electron chi connectivity index (χ0n) is 12.9. The molecule has 124 valence electrons. The predicted molar refractivity (Wildman–Crippen MR) is 88.6 cm³/mol. The van der Waals surface area contributed by atoms with Crippen molar-refractivity contribution in [2.24, 2.45) is 7.05 Å². The van der Waals surface area contributed by atoms with Gasteiger partial charge >= 0.3 is 0 Å². The van der Waals surface area contributed by atoms with Crippen LogP contribution in [0.5, 0.6) is 0 Å². The second-order valence-corrected chi connectivity index (χ2v) is 6.25. The normalized spacial score (nSPS) is 15.2. The van der Waals surface area contributed by atoms with Gasteiger partial charge in [-0.3, -0.25) is 4.79 Å². The molecule has 0 radical (unpaired) electrons. The van der Waals surface area contributed by atoms with Crippen LogP contribution >= 0.6 is 15.9 Å². The smallest absolute Gasteiger partial charge is 0.289 e. The molecule has 0 bridgehead atoms. The third kappa shape index (κ3) is 2.52. The van der Waals surface area contributed by atoms with E-state index in [4.69, 9.17) is 4.42 Å². The zero-order chi connectivity index (χ0) is 16.7. The van der Waals surface area contributed by atoms with Crippen molar-refractivity contribution < 1.29 is 9.21 Å². The summed E-state index contributed by atoms with van der Waals surface area (Å²) in [6, 6.07) is 3.39. The van der Waals surface area contributed by atoms with E-state index in [-0.39, 0.29) is 5.91 Å². The fourth-order valence-corrected chi connectivity index (χ4v) is 3.09. The molecule has 0 unspecified atom stereocenters. The van der Waals surface area contributed by atoms with Crippen molar-refractivity contribution in [1.82, 2.24) is 29.9 Å². The maximum Gasteiger partial charge on any atom is 0.289 e. The van der Waals surface area contributed by atoms with Gasteiger partial charge in [0.1, 0.15) is 6.33 Å². The highest BCUT2D eigenvalue weighted by atomic mass is 79.9. The lowest BCUT2D eigenvalue weighted by Gasteiger charge is -2.34. The summed E-state index contributed by atoms with van der Waals surface area (Å²) < 4.78 is 7.51. The Labute approximate surface area is 145 Å². The third-order valence-corrected chi connectivity index (χ3v) is 4.45. The lowest BCUT2D eigenvalue weighted by Crippen LogP contribution is -2.49. The Morgan fingerprint density at radius 3 is 2.71 bits per heavy atom. The molecule has 1 fully saturated rings. The first kappa shape index (κ1) is 15.1. The summed E-state index contributed by atoms with van der Waals surface area (Å²) in [6.45, 7) is 2.50. The molecule has 3 aromatic rings. The number of carbonyl (C=O) groups excluding carboxylic acids is 1. The first-order valence-electron chi connectivity index (χ1n) is 7.43. The van der Waals surface area contributed by atoms with Gasteiger partial charge in [0.2, 0.25) is 0 Å². The van der Waals surface area contributed by atoms with Crippen LogP contribution in [0.2, 0.25) is 0 Å². The third-order valence-electron chi connectivity index (χ3n) is 4.02. The second kappa shape index (κ2) is 5.86. The summed E-state index contributed by atoms with van der Waals surface area (Å²) in [7, 11) is 1.80. The van der Waals surface area contributed by atoms with Crippen molar-refractivity contribution in [3.05, 3.63) is 28.9 Å². The van der Waals surface area contributed by atoms with E-state index in [0.29, 0.717) is 47.8 Å². The molecule has 4 rings (SSSR count). The minimum atomic E-state index is -0.104. The predicted octanol–water partition coefficient (Wildman–Crippen LogP) is 1.08. The molecule has 10 heteroatoms. The second-order valence-electron chi connectivity index (χ2n) is 5.47. The molecule has 1 amide bonds. The number of piperazine rings is 1. The van der Waals surface area contributed by atoms with Gasteiger partial charge in [-0.25, -0.2) is 14.6 Å². The summed E-state index contributed by atoms with van der Waals surface area (Å²) in [5, 5.41) is 8.14. The van der Waals surface area contributed by atoms with E-state index in [1.807, 2.05) is 0 Å². The van der Waals surface area contributed by atoms with Gasteiger partial charge in [-0.2, -0.15) is 0 Å². The van der Waals surface area contributed by atoms with Gasteiger partial charge in [0.15, 0.2) is 27.4 Å². The number of aromatic nitrogens is 5. The van der Waals surface area contributed by atoms with E-state index in [2.05, 4.69) is 41.1 Å². The summed E-state index contributed by atoms with van der Waals surface area (Å²) in [6.07, 6.45) is 1.51.